The van der Waals surface area contributed by atoms with E-state index in [2.05, 4.69) is 20.6 Å². The Labute approximate surface area is 150 Å². The topological polar surface area (TPSA) is 96.4 Å². The van der Waals surface area contributed by atoms with Crippen LogP contribution in [0.5, 0.6) is 5.88 Å². The van der Waals surface area contributed by atoms with E-state index in [1.165, 1.54) is 13.3 Å². The van der Waals surface area contributed by atoms with E-state index in [9.17, 15) is 9.59 Å². The lowest BCUT2D eigenvalue weighted by Crippen LogP contribution is -2.41. The maximum absolute atomic E-state index is 12.6. The molecule has 0 unspecified atom stereocenters. The zero-order valence-corrected chi connectivity index (χ0v) is 14.4. The number of nitrogens with zero attached hydrogens (tertiary/aromatic N) is 3. The fourth-order valence-corrected chi connectivity index (χ4v) is 2.91. The van der Waals surface area contributed by atoms with Crippen molar-refractivity contribution in [3.63, 3.8) is 0 Å². The summed E-state index contributed by atoms with van der Waals surface area (Å²) in [4.78, 5) is 35.0. The molecule has 134 valence electrons. The molecule has 0 atom stereocenters. The van der Waals surface area contributed by atoms with E-state index < -0.39 is 0 Å². The van der Waals surface area contributed by atoms with Crippen LogP contribution in [0.25, 0.3) is 0 Å². The van der Waals surface area contributed by atoms with Crippen molar-refractivity contribution in [1.82, 2.24) is 9.97 Å². The van der Waals surface area contributed by atoms with Crippen molar-refractivity contribution >= 4 is 29.0 Å². The maximum Gasteiger partial charge on any atom is 0.257 e. The number of aromatic nitrogens is 2. The van der Waals surface area contributed by atoms with Gasteiger partial charge < -0.3 is 20.3 Å². The van der Waals surface area contributed by atoms with E-state index in [1.807, 2.05) is 0 Å². The Bertz CT molecular complexity index is 866. The van der Waals surface area contributed by atoms with E-state index in [0.29, 0.717) is 41.1 Å². The number of methoxy groups -OCH3 is 1. The van der Waals surface area contributed by atoms with Gasteiger partial charge in [0.15, 0.2) is 0 Å². The molecule has 1 saturated carbocycles. The second-order valence-corrected chi connectivity index (χ2v) is 6.41. The van der Waals surface area contributed by atoms with Gasteiger partial charge >= 0.3 is 0 Å². The first-order valence-corrected chi connectivity index (χ1v) is 8.50. The Hall–Kier alpha value is -3.16. The molecule has 0 saturated heterocycles. The lowest BCUT2D eigenvalue weighted by atomic mass is 10.1. The lowest BCUT2D eigenvalue weighted by molar-refractivity contribution is -0.117. The highest BCUT2D eigenvalue weighted by Crippen LogP contribution is 2.35. The van der Waals surface area contributed by atoms with Gasteiger partial charge in [0, 0.05) is 18.9 Å². The molecule has 1 aliphatic heterocycles. The largest absolute Gasteiger partial charge is 0.480 e. The summed E-state index contributed by atoms with van der Waals surface area (Å²) in [7, 11) is 1.49. The van der Waals surface area contributed by atoms with Crippen molar-refractivity contribution in [1.29, 1.82) is 0 Å². The molecule has 2 N–H and O–H groups in total. The molecular formula is C18H19N5O3. The first-order chi connectivity index (χ1) is 12.7. The van der Waals surface area contributed by atoms with Gasteiger partial charge in [-0.1, -0.05) is 0 Å². The van der Waals surface area contributed by atoms with Gasteiger partial charge in [-0.05, 0) is 37.0 Å². The van der Waals surface area contributed by atoms with Crippen LogP contribution in [0.2, 0.25) is 0 Å². The summed E-state index contributed by atoms with van der Waals surface area (Å²) in [5.41, 5.74) is 1.49. The summed E-state index contributed by atoms with van der Waals surface area (Å²) >= 11 is 0. The van der Waals surface area contributed by atoms with Crippen molar-refractivity contribution in [2.45, 2.75) is 12.8 Å². The second-order valence-electron chi connectivity index (χ2n) is 6.41. The first-order valence-electron chi connectivity index (χ1n) is 8.50. The molecule has 0 bridgehead atoms. The van der Waals surface area contributed by atoms with E-state index >= 15 is 0 Å². The van der Waals surface area contributed by atoms with Gasteiger partial charge in [-0.15, -0.1) is 0 Å². The number of fused-ring (bicyclic) bond motifs is 1. The average molecular weight is 353 g/mol. The highest BCUT2D eigenvalue weighted by atomic mass is 16.5. The minimum absolute atomic E-state index is 0.00214. The van der Waals surface area contributed by atoms with E-state index in [-0.39, 0.29) is 18.4 Å². The van der Waals surface area contributed by atoms with Gasteiger partial charge in [-0.2, -0.15) is 0 Å². The number of carbonyl (C=O) groups is 2. The summed E-state index contributed by atoms with van der Waals surface area (Å²) < 4.78 is 5.15. The van der Waals surface area contributed by atoms with E-state index in [0.717, 1.165) is 12.8 Å². The second kappa shape index (κ2) is 6.62. The highest BCUT2D eigenvalue weighted by molar-refractivity contribution is 6.08. The Morgan fingerprint density at radius 1 is 1.42 bits per heavy atom. The zero-order chi connectivity index (χ0) is 18.1. The monoisotopic (exact) mass is 353 g/mol. The number of hydrogen-bond acceptors (Lipinski definition) is 6. The number of ether oxygens (including phenoxy) is 1. The predicted octanol–water partition coefficient (Wildman–Crippen LogP) is 1.91. The summed E-state index contributed by atoms with van der Waals surface area (Å²) in [6.07, 6.45) is 5.36. The molecule has 1 fully saturated rings. The molecule has 2 amide bonds. The Balaban J connectivity index is 1.60. The van der Waals surface area contributed by atoms with Crippen LogP contribution < -0.4 is 20.3 Å². The number of amides is 2. The third-order valence-corrected chi connectivity index (χ3v) is 4.48. The van der Waals surface area contributed by atoms with Crippen molar-refractivity contribution in [2.24, 2.45) is 5.92 Å². The van der Waals surface area contributed by atoms with Crippen molar-refractivity contribution in [3.8, 4) is 5.88 Å². The van der Waals surface area contributed by atoms with Gasteiger partial charge in [0.05, 0.1) is 24.9 Å². The van der Waals surface area contributed by atoms with Crippen LogP contribution in [0, 0.1) is 5.92 Å². The van der Waals surface area contributed by atoms with Gasteiger partial charge in [-0.25, -0.2) is 9.97 Å². The highest BCUT2D eigenvalue weighted by Gasteiger charge is 2.32. The standard InChI is InChI=1S/C18H19N5O3/c1-26-18-13(3-2-6-19-18)22-17(25)12-7-14-16(20-8-12)21-9-15(24)23(14)10-11-4-5-11/h2-3,6-8,11H,4-5,9-10H2,1H3,(H,20,21)(H,22,25). The quantitative estimate of drug-likeness (QED) is 0.852. The predicted molar refractivity (Wildman–Crippen MR) is 96.5 cm³/mol. The SMILES string of the molecule is COc1ncccc1NC(=O)c1cnc2c(c1)N(CC1CC1)C(=O)CN2. The summed E-state index contributed by atoms with van der Waals surface area (Å²) in [6, 6.07) is 5.12. The lowest BCUT2D eigenvalue weighted by Gasteiger charge is -2.29. The van der Waals surface area contributed by atoms with Gasteiger partial charge in [0.2, 0.25) is 11.8 Å². The molecule has 26 heavy (non-hydrogen) atoms. The number of pyridine rings is 2. The molecule has 0 aromatic carbocycles. The van der Waals surface area contributed by atoms with Crippen LogP contribution >= 0.6 is 0 Å². The molecule has 0 radical (unpaired) electrons. The number of nitrogens with one attached hydrogen (secondary N) is 2. The van der Waals surface area contributed by atoms with Gasteiger partial charge in [0.25, 0.3) is 5.91 Å². The van der Waals surface area contributed by atoms with Crippen LogP contribution in [0.15, 0.2) is 30.6 Å². The fraction of sp³-hybridized carbons (Fsp3) is 0.333. The number of rotatable bonds is 5. The molecule has 8 nitrogen and oxygen atoms in total. The molecule has 2 aromatic rings. The minimum Gasteiger partial charge on any atom is -0.480 e. The van der Waals surface area contributed by atoms with Crippen LogP contribution in [-0.4, -0.2) is 42.0 Å². The number of anilines is 3. The summed E-state index contributed by atoms with van der Waals surface area (Å²) in [5.74, 6) is 1.16. The smallest absolute Gasteiger partial charge is 0.257 e. The zero-order valence-electron chi connectivity index (χ0n) is 14.4. The first kappa shape index (κ1) is 16.3. The Morgan fingerprint density at radius 2 is 2.27 bits per heavy atom. The Morgan fingerprint density at radius 3 is 3.04 bits per heavy atom. The van der Waals surface area contributed by atoms with Crippen LogP contribution in [0.1, 0.15) is 23.2 Å². The Kier molecular flexibility index (Phi) is 4.16. The van der Waals surface area contributed by atoms with Crippen LogP contribution in [0.4, 0.5) is 17.2 Å². The molecule has 1 aliphatic carbocycles. The molecule has 3 heterocycles. The van der Waals surface area contributed by atoms with Gasteiger partial charge in [0.1, 0.15) is 11.5 Å². The molecule has 2 aromatic heterocycles. The normalized spacial score (nSPS) is 15.9. The van der Waals surface area contributed by atoms with Crippen molar-refractivity contribution in [2.75, 3.05) is 35.7 Å². The fourth-order valence-electron chi connectivity index (χ4n) is 2.91. The van der Waals surface area contributed by atoms with Crippen LogP contribution in [-0.2, 0) is 4.79 Å². The van der Waals surface area contributed by atoms with E-state index in [4.69, 9.17) is 4.74 Å². The molecule has 8 heteroatoms. The maximum atomic E-state index is 12.6. The third kappa shape index (κ3) is 3.17. The van der Waals surface area contributed by atoms with Crippen molar-refractivity contribution < 1.29 is 14.3 Å². The number of hydrogen-bond donors (Lipinski definition) is 2. The number of carbonyl (C=O) groups excluding carboxylic acids is 2. The molecule has 2 aliphatic rings. The van der Waals surface area contributed by atoms with Gasteiger partial charge in [-0.3, -0.25) is 9.59 Å². The molecular weight excluding hydrogens is 334 g/mol. The van der Waals surface area contributed by atoms with Crippen LogP contribution in [0.3, 0.4) is 0 Å². The average Bonchev–Trinajstić information content (AvgIpc) is 3.48. The summed E-state index contributed by atoms with van der Waals surface area (Å²) in [5, 5.41) is 5.78. The third-order valence-electron chi connectivity index (χ3n) is 4.48. The summed E-state index contributed by atoms with van der Waals surface area (Å²) in [6.45, 7) is 0.905. The van der Waals surface area contributed by atoms with Crippen molar-refractivity contribution in [3.05, 3.63) is 36.2 Å². The molecule has 0 spiro atoms. The minimum atomic E-state index is -0.337. The molecule has 4 rings (SSSR count). The van der Waals surface area contributed by atoms with E-state index in [1.54, 1.807) is 29.3 Å².